The molecular formula is C14H20N2O. The Balaban J connectivity index is 1.80. The molecule has 0 bridgehead atoms. The second-order valence-electron chi connectivity index (χ2n) is 5.17. The average Bonchev–Trinajstić information content (AvgIpc) is 2.92. The molecule has 0 amide bonds. The summed E-state index contributed by atoms with van der Waals surface area (Å²) in [5.74, 6) is 0. The van der Waals surface area contributed by atoms with E-state index in [0.717, 1.165) is 31.8 Å². The summed E-state index contributed by atoms with van der Waals surface area (Å²) in [5.41, 5.74) is 10.9. The Bertz CT molecular complexity index is 424. The number of hydrogen-bond donors (Lipinski definition) is 1. The first-order chi connectivity index (χ1) is 8.24. The quantitative estimate of drug-likeness (QED) is 0.794. The summed E-state index contributed by atoms with van der Waals surface area (Å²) in [7, 11) is 0. The number of rotatable bonds is 2. The number of anilines is 2. The minimum Gasteiger partial charge on any atom is -0.398 e. The number of benzene rings is 1. The number of nitrogens with two attached hydrogens (primary N) is 1. The zero-order chi connectivity index (χ0) is 11.8. The molecule has 1 saturated heterocycles. The predicted molar refractivity (Wildman–Crippen MR) is 70.5 cm³/mol. The second-order valence-corrected chi connectivity index (χ2v) is 5.17. The van der Waals surface area contributed by atoms with Crippen LogP contribution in [0.5, 0.6) is 0 Å². The third-order valence-electron chi connectivity index (χ3n) is 3.91. The van der Waals surface area contributed by atoms with Crippen LogP contribution in [-0.4, -0.2) is 25.8 Å². The van der Waals surface area contributed by atoms with E-state index in [9.17, 15) is 0 Å². The van der Waals surface area contributed by atoms with Crippen molar-refractivity contribution < 1.29 is 4.74 Å². The lowest BCUT2D eigenvalue weighted by Crippen LogP contribution is -2.30. The van der Waals surface area contributed by atoms with Gasteiger partial charge in [-0.15, -0.1) is 0 Å². The van der Waals surface area contributed by atoms with Gasteiger partial charge in [0, 0.05) is 31.1 Å². The lowest BCUT2D eigenvalue weighted by atomic mass is 10.1. The molecule has 0 aromatic heterocycles. The molecule has 3 heteroatoms. The summed E-state index contributed by atoms with van der Waals surface area (Å²) in [4.78, 5) is 2.43. The second kappa shape index (κ2) is 4.22. The van der Waals surface area contributed by atoms with Gasteiger partial charge >= 0.3 is 0 Å². The van der Waals surface area contributed by atoms with Crippen LogP contribution in [-0.2, 0) is 11.2 Å². The van der Waals surface area contributed by atoms with Gasteiger partial charge in [0.05, 0.1) is 6.10 Å². The van der Waals surface area contributed by atoms with Gasteiger partial charge in [-0.25, -0.2) is 0 Å². The number of nitrogen functional groups attached to an aromatic ring is 1. The van der Waals surface area contributed by atoms with Crippen LogP contribution in [0.15, 0.2) is 12.1 Å². The first-order valence-corrected chi connectivity index (χ1v) is 6.49. The molecule has 0 saturated carbocycles. The maximum absolute atomic E-state index is 6.01. The zero-order valence-electron chi connectivity index (χ0n) is 10.4. The zero-order valence-corrected chi connectivity index (χ0v) is 10.4. The fourth-order valence-corrected chi connectivity index (χ4v) is 2.87. The Kier molecular flexibility index (Phi) is 2.71. The minimum absolute atomic E-state index is 0.420. The summed E-state index contributed by atoms with van der Waals surface area (Å²) in [6.45, 7) is 5.15. The number of hydrogen-bond acceptors (Lipinski definition) is 3. The van der Waals surface area contributed by atoms with Crippen LogP contribution in [0.25, 0.3) is 0 Å². The molecule has 92 valence electrons. The van der Waals surface area contributed by atoms with E-state index in [2.05, 4.69) is 24.0 Å². The van der Waals surface area contributed by atoms with Gasteiger partial charge in [-0.2, -0.15) is 0 Å². The molecule has 1 aromatic carbocycles. The van der Waals surface area contributed by atoms with Gasteiger partial charge in [0.2, 0.25) is 0 Å². The van der Waals surface area contributed by atoms with Crippen LogP contribution in [0.2, 0.25) is 0 Å². The average molecular weight is 232 g/mol. The van der Waals surface area contributed by atoms with Crippen LogP contribution < -0.4 is 10.6 Å². The number of nitrogens with zero attached hydrogens (tertiary/aromatic N) is 1. The van der Waals surface area contributed by atoms with E-state index < -0.39 is 0 Å². The molecule has 3 rings (SSSR count). The number of ether oxygens (including phenoxy) is 1. The summed E-state index contributed by atoms with van der Waals surface area (Å²) in [5, 5.41) is 0. The van der Waals surface area contributed by atoms with E-state index in [-0.39, 0.29) is 0 Å². The molecule has 0 radical (unpaired) electrons. The molecule has 1 unspecified atom stereocenters. The molecule has 1 fully saturated rings. The van der Waals surface area contributed by atoms with E-state index >= 15 is 0 Å². The lowest BCUT2D eigenvalue weighted by molar-refractivity contribution is 0.116. The fourth-order valence-electron chi connectivity index (χ4n) is 2.87. The van der Waals surface area contributed by atoms with Gasteiger partial charge in [-0.3, -0.25) is 0 Å². The Hall–Kier alpha value is -1.22. The molecule has 2 aliphatic rings. The van der Waals surface area contributed by atoms with E-state index in [1.165, 1.54) is 29.7 Å². The maximum atomic E-state index is 6.01. The van der Waals surface area contributed by atoms with Crippen molar-refractivity contribution in [2.75, 3.05) is 30.3 Å². The van der Waals surface area contributed by atoms with Crippen molar-refractivity contribution in [3.8, 4) is 0 Å². The van der Waals surface area contributed by atoms with E-state index in [4.69, 9.17) is 10.5 Å². The Labute approximate surface area is 103 Å². The van der Waals surface area contributed by atoms with Gasteiger partial charge in [0.1, 0.15) is 0 Å². The monoisotopic (exact) mass is 232 g/mol. The molecular weight excluding hydrogens is 212 g/mol. The molecule has 1 atom stereocenters. The first-order valence-electron chi connectivity index (χ1n) is 6.49. The molecule has 2 N–H and O–H groups in total. The first kappa shape index (κ1) is 10.9. The van der Waals surface area contributed by atoms with Crippen LogP contribution in [0.4, 0.5) is 11.4 Å². The normalized spacial score (nSPS) is 23.1. The Morgan fingerprint density at radius 1 is 1.47 bits per heavy atom. The Morgan fingerprint density at radius 2 is 2.35 bits per heavy atom. The van der Waals surface area contributed by atoms with Gasteiger partial charge in [0.15, 0.2) is 0 Å². The third kappa shape index (κ3) is 2.00. The van der Waals surface area contributed by atoms with Crippen LogP contribution in [0.1, 0.15) is 24.0 Å². The van der Waals surface area contributed by atoms with Crippen molar-refractivity contribution in [2.24, 2.45) is 0 Å². The van der Waals surface area contributed by atoms with E-state index in [1.54, 1.807) is 0 Å². The van der Waals surface area contributed by atoms with E-state index in [0.29, 0.717) is 6.10 Å². The highest BCUT2D eigenvalue weighted by Gasteiger charge is 2.25. The van der Waals surface area contributed by atoms with Crippen LogP contribution in [0.3, 0.4) is 0 Å². The summed E-state index contributed by atoms with van der Waals surface area (Å²) >= 11 is 0. The lowest BCUT2D eigenvalue weighted by Gasteiger charge is -2.23. The number of aryl methyl sites for hydroxylation is 1. The summed E-state index contributed by atoms with van der Waals surface area (Å²) in [6, 6.07) is 4.37. The standard InChI is InChI=1S/C14H20N2O/c1-10-7-11-4-5-16(14(11)8-13(10)15)9-12-3-2-6-17-12/h7-8,12H,2-6,9,15H2,1H3. The van der Waals surface area contributed by atoms with Gasteiger partial charge in [-0.1, -0.05) is 6.07 Å². The number of fused-ring (bicyclic) bond motifs is 1. The molecule has 3 nitrogen and oxygen atoms in total. The predicted octanol–water partition coefficient (Wildman–Crippen LogP) is 2.12. The maximum Gasteiger partial charge on any atom is 0.0750 e. The topological polar surface area (TPSA) is 38.5 Å². The SMILES string of the molecule is Cc1cc2c(cc1N)N(CC1CCCO1)CC2. The highest BCUT2D eigenvalue weighted by Crippen LogP contribution is 2.32. The van der Waals surface area contributed by atoms with Crippen molar-refractivity contribution in [3.05, 3.63) is 23.3 Å². The van der Waals surface area contributed by atoms with E-state index in [1.807, 2.05) is 0 Å². The minimum atomic E-state index is 0.420. The molecule has 1 aromatic rings. The largest absolute Gasteiger partial charge is 0.398 e. The highest BCUT2D eigenvalue weighted by molar-refractivity contribution is 5.67. The van der Waals surface area contributed by atoms with Crippen molar-refractivity contribution >= 4 is 11.4 Å². The molecule has 2 heterocycles. The van der Waals surface area contributed by atoms with Crippen molar-refractivity contribution in [3.63, 3.8) is 0 Å². The molecule has 0 spiro atoms. The molecule has 2 aliphatic heterocycles. The van der Waals surface area contributed by atoms with Crippen LogP contribution >= 0.6 is 0 Å². The van der Waals surface area contributed by atoms with Gasteiger partial charge < -0.3 is 15.4 Å². The van der Waals surface area contributed by atoms with Crippen molar-refractivity contribution in [1.29, 1.82) is 0 Å². The Morgan fingerprint density at radius 3 is 3.12 bits per heavy atom. The van der Waals surface area contributed by atoms with Crippen molar-refractivity contribution in [2.45, 2.75) is 32.3 Å². The van der Waals surface area contributed by atoms with Gasteiger partial charge in [-0.05, 0) is 43.4 Å². The van der Waals surface area contributed by atoms with Crippen molar-refractivity contribution in [1.82, 2.24) is 0 Å². The van der Waals surface area contributed by atoms with Crippen LogP contribution in [0, 0.1) is 6.92 Å². The summed E-state index contributed by atoms with van der Waals surface area (Å²) < 4.78 is 5.71. The third-order valence-corrected chi connectivity index (χ3v) is 3.91. The molecule has 17 heavy (non-hydrogen) atoms. The fraction of sp³-hybridized carbons (Fsp3) is 0.571. The smallest absolute Gasteiger partial charge is 0.0750 e. The summed E-state index contributed by atoms with van der Waals surface area (Å²) in [6.07, 6.45) is 3.97. The molecule has 0 aliphatic carbocycles. The highest BCUT2D eigenvalue weighted by atomic mass is 16.5. The van der Waals surface area contributed by atoms with Gasteiger partial charge in [0.25, 0.3) is 0 Å².